The van der Waals surface area contributed by atoms with E-state index in [1.807, 2.05) is 36.4 Å². The maximum atomic E-state index is 5.50. The van der Waals surface area contributed by atoms with Gasteiger partial charge < -0.3 is 22.1 Å². The van der Waals surface area contributed by atoms with Crippen LogP contribution in [0.15, 0.2) is 36.4 Å². The maximum Gasteiger partial charge on any atom is 0.126 e. The van der Waals surface area contributed by atoms with Crippen LogP contribution in [0, 0.1) is 0 Å². The highest BCUT2D eigenvalue weighted by Gasteiger charge is 2.03. The Labute approximate surface area is 131 Å². The van der Waals surface area contributed by atoms with E-state index in [-0.39, 0.29) is 0 Å². The third-order valence-electron chi connectivity index (χ3n) is 3.13. The predicted molar refractivity (Wildman–Crippen MR) is 91.8 cm³/mol. The molecule has 0 spiro atoms. The van der Waals surface area contributed by atoms with Gasteiger partial charge in [0.2, 0.25) is 0 Å². The zero-order chi connectivity index (χ0) is 15.6. The van der Waals surface area contributed by atoms with Crippen LogP contribution >= 0.6 is 0 Å². The van der Waals surface area contributed by atoms with Crippen LogP contribution in [0.3, 0.4) is 0 Å². The van der Waals surface area contributed by atoms with Crippen molar-refractivity contribution in [1.29, 1.82) is 0 Å². The quantitative estimate of drug-likeness (QED) is 0.525. The first-order chi connectivity index (χ1) is 10.8. The number of nitrogens with zero attached hydrogens (tertiary/aromatic N) is 2. The average Bonchev–Trinajstić information content (AvgIpc) is 2.56. The molecule has 22 heavy (non-hydrogen) atoms. The molecule has 0 aromatic carbocycles. The lowest BCUT2D eigenvalue weighted by atomic mass is 10.2. The van der Waals surface area contributed by atoms with Crippen LogP contribution < -0.4 is 22.1 Å². The normalized spacial score (nSPS) is 10.5. The van der Waals surface area contributed by atoms with Gasteiger partial charge in [0.15, 0.2) is 0 Å². The molecule has 0 saturated heterocycles. The lowest BCUT2D eigenvalue weighted by Gasteiger charge is -2.09. The molecule has 2 rings (SSSR count). The van der Waals surface area contributed by atoms with Gasteiger partial charge in [-0.3, -0.25) is 0 Å². The van der Waals surface area contributed by atoms with E-state index in [9.17, 15) is 0 Å². The summed E-state index contributed by atoms with van der Waals surface area (Å²) < 4.78 is 0. The van der Waals surface area contributed by atoms with Crippen molar-refractivity contribution in [2.45, 2.75) is 12.8 Å². The minimum absolute atomic E-state index is 0.671. The molecule has 2 aromatic rings. The highest BCUT2D eigenvalue weighted by atomic mass is 15.0. The van der Waals surface area contributed by atoms with E-state index in [0.29, 0.717) is 13.1 Å². The molecular formula is C16H24N6. The molecule has 6 nitrogen and oxygen atoms in total. The van der Waals surface area contributed by atoms with Crippen molar-refractivity contribution >= 4 is 11.6 Å². The largest absolute Gasteiger partial charge is 0.370 e. The number of aromatic nitrogens is 2. The summed E-state index contributed by atoms with van der Waals surface area (Å²) in [5.74, 6) is 1.68. The Morgan fingerprint density at radius 1 is 0.727 bits per heavy atom. The molecule has 0 unspecified atom stereocenters. The molecule has 0 aliphatic rings. The fourth-order valence-corrected chi connectivity index (χ4v) is 1.99. The molecule has 0 atom stereocenters. The van der Waals surface area contributed by atoms with E-state index in [1.54, 1.807) is 0 Å². The van der Waals surface area contributed by atoms with Crippen molar-refractivity contribution in [2.24, 2.45) is 11.5 Å². The Morgan fingerprint density at radius 3 is 1.59 bits per heavy atom. The smallest absolute Gasteiger partial charge is 0.126 e. The summed E-state index contributed by atoms with van der Waals surface area (Å²) >= 11 is 0. The molecular weight excluding hydrogens is 276 g/mol. The molecule has 0 bridgehead atoms. The van der Waals surface area contributed by atoms with E-state index < -0.39 is 0 Å². The molecule has 0 amide bonds. The Kier molecular flexibility index (Phi) is 6.60. The highest BCUT2D eigenvalue weighted by Crippen LogP contribution is 2.18. The minimum atomic E-state index is 0.671. The third kappa shape index (κ3) is 4.98. The van der Waals surface area contributed by atoms with E-state index in [2.05, 4.69) is 20.6 Å². The molecule has 0 saturated carbocycles. The minimum Gasteiger partial charge on any atom is -0.370 e. The van der Waals surface area contributed by atoms with Crippen LogP contribution in [-0.4, -0.2) is 36.1 Å². The molecule has 6 N–H and O–H groups in total. The van der Waals surface area contributed by atoms with Crippen LogP contribution in [0.5, 0.6) is 0 Å². The number of anilines is 2. The third-order valence-corrected chi connectivity index (χ3v) is 3.13. The summed E-state index contributed by atoms with van der Waals surface area (Å²) in [6, 6.07) is 11.8. The first-order valence-corrected chi connectivity index (χ1v) is 7.66. The SMILES string of the molecule is NCCCNc1cccc(-c2cccc(NCCCN)n2)n1. The van der Waals surface area contributed by atoms with Gasteiger partial charge >= 0.3 is 0 Å². The second-order valence-corrected chi connectivity index (χ2v) is 4.95. The summed E-state index contributed by atoms with van der Waals surface area (Å²) in [5.41, 5.74) is 12.7. The van der Waals surface area contributed by atoms with Gasteiger partial charge in [-0.15, -0.1) is 0 Å². The molecule has 2 aromatic heterocycles. The molecule has 118 valence electrons. The second-order valence-electron chi connectivity index (χ2n) is 4.95. The molecule has 0 aliphatic heterocycles. The summed E-state index contributed by atoms with van der Waals surface area (Å²) in [4.78, 5) is 9.18. The lowest BCUT2D eigenvalue weighted by molar-refractivity contribution is 0.869. The van der Waals surface area contributed by atoms with E-state index in [0.717, 1.165) is 49.0 Å². The summed E-state index contributed by atoms with van der Waals surface area (Å²) in [5, 5.41) is 6.53. The second kappa shape index (κ2) is 8.96. The Hall–Kier alpha value is -2.18. The average molecular weight is 300 g/mol. The molecule has 2 heterocycles. The molecule has 0 fully saturated rings. The monoisotopic (exact) mass is 300 g/mol. The van der Waals surface area contributed by atoms with Crippen LogP contribution in [-0.2, 0) is 0 Å². The van der Waals surface area contributed by atoms with Gasteiger partial charge in [0.05, 0.1) is 11.4 Å². The molecule has 0 aliphatic carbocycles. The van der Waals surface area contributed by atoms with E-state index in [4.69, 9.17) is 11.5 Å². The van der Waals surface area contributed by atoms with Gasteiger partial charge in [0.1, 0.15) is 11.6 Å². The van der Waals surface area contributed by atoms with Crippen LogP contribution in [0.2, 0.25) is 0 Å². The topological polar surface area (TPSA) is 102 Å². The number of nitrogens with one attached hydrogen (secondary N) is 2. The maximum absolute atomic E-state index is 5.50. The van der Waals surface area contributed by atoms with Gasteiger partial charge in [0, 0.05) is 13.1 Å². The zero-order valence-electron chi connectivity index (χ0n) is 12.8. The summed E-state index contributed by atoms with van der Waals surface area (Å²) in [7, 11) is 0. The molecule has 0 radical (unpaired) electrons. The number of rotatable bonds is 9. The Morgan fingerprint density at radius 2 is 1.18 bits per heavy atom. The summed E-state index contributed by atoms with van der Waals surface area (Å²) in [6.45, 7) is 2.98. The van der Waals surface area contributed by atoms with Gasteiger partial charge in [-0.05, 0) is 50.2 Å². The van der Waals surface area contributed by atoms with Crippen molar-refractivity contribution in [2.75, 3.05) is 36.8 Å². The Balaban J connectivity index is 2.07. The van der Waals surface area contributed by atoms with Crippen LogP contribution in [0.25, 0.3) is 11.4 Å². The fourth-order valence-electron chi connectivity index (χ4n) is 1.99. The van der Waals surface area contributed by atoms with E-state index >= 15 is 0 Å². The van der Waals surface area contributed by atoms with Crippen molar-refractivity contribution < 1.29 is 0 Å². The molecule has 6 heteroatoms. The first-order valence-electron chi connectivity index (χ1n) is 7.66. The summed E-state index contributed by atoms with van der Waals surface area (Å²) in [6.07, 6.45) is 1.84. The number of pyridine rings is 2. The van der Waals surface area contributed by atoms with Crippen LogP contribution in [0.1, 0.15) is 12.8 Å². The van der Waals surface area contributed by atoms with Crippen molar-refractivity contribution in [1.82, 2.24) is 9.97 Å². The van der Waals surface area contributed by atoms with Crippen LogP contribution in [0.4, 0.5) is 11.6 Å². The number of hydrogen-bond donors (Lipinski definition) is 4. The lowest BCUT2D eigenvalue weighted by Crippen LogP contribution is -2.10. The van der Waals surface area contributed by atoms with Crippen molar-refractivity contribution in [3.63, 3.8) is 0 Å². The van der Waals surface area contributed by atoms with Gasteiger partial charge in [-0.1, -0.05) is 12.1 Å². The van der Waals surface area contributed by atoms with Gasteiger partial charge in [-0.25, -0.2) is 9.97 Å². The van der Waals surface area contributed by atoms with E-state index in [1.165, 1.54) is 0 Å². The standard InChI is InChI=1S/C16H24N6/c17-9-3-11-19-15-7-1-5-13(21-15)14-6-2-8-16(22-14)20-12-4-10-18/h1-2,5-8H,3-4,9-12,17-18H2,(H,19,21)(H,20,22). The fraction of sp³-hybridized carbons (Fsp3) is 0.375. The van der Waals surface area contributed by atoms with Gasteiger partial charge in [0.25, 0.3) is 0 Å². The number of hydrogen-bond acceptors (Lipinski definition) is 6. The van der Waals surface area contributed by atoms with Crippen molar-refractivity contribution in [3.05, 3.63) is 36.4 Å². The highest BCUT2D eigenvalue weighted by molar-refractivity contribution is 5.59. The van der Waals surface area contributed by atoms with Gasteiger partial charge in [-0.2, -0.15) is 0 Å². The first kappa shape index (κ1) is 16.2. The van der Waals surface area contributed by atoms with Crippen molar-refractivity contribution in [3.8, 4) is 11.4 Å². The Bertz CT molecular complexity index is 521. The number of nitrogens with two attached hydrogens (primary N) is 2. The zero-order valence-corrected chi connectivity index (χ0v) is 12.8. The predicted octanol–water partition coefficient (Wildman–Crippen LogP) is 1.66.